The molecule has 0 aromatic carbocycles. The summed E-state index contributed by atoms with van der Waals surface area (Å²) in [5.74, 6) is 0.818. The molecule has 3 aliphatic rings. The Labute approximate surface area is 142 Å². The molecule has 1 aromatic rings. The summed E-state index contributed by atoms with van der Waals surface area (Å²) in [5, 5.41) is 0. The van der Waals surface area contributed by atoms with Gasteiger partial charge >= 0.3 is 0 Å². The van der Waals surface area contributed by atoms with Crippen LogP contribution < -0.4 is 0 Å². The van der Waals surface area contributed by atoms with Gasteiger partial charge in [0.2, 0.25) is 5.91 Å². The lowest BCUT2D eigenvalue weighted by atomic mass is 9.96. The number of hydrogen-bond donors (Lipinski definition) is 0. The Morgan fingerprint density at radius 1 is 1.04 bits per heavy atom. The lowest BCUT2D eigenvalue weighted by Crippen LogP contribution is -2.40. The van der Waals surface area contributed by atoms with Crippen LogP contribution in [0.5, 0.6) is 0 Å². The summed E-state index contributed by atoms with van der Waals surface area (Å²) >= 11 is 0. The van der Waals surface area contributed by atoms with E-state index < -0.39 is 0 Å². The lowest BCUT2D eigenvalue weighted by Gasteiger charge is -2.28. The standard InChI is InChI=1S/C18H25N3O3/c22-18(13-3-8-23-9-4-13)21-6-1-15-16(2-7-21)19-12-20-17(15)14-5-10-24-11-14/h12-14H,1-11H2. The predicted octanol–water partition coefficient (Wildman–Crippen LogP) is 1.33. The van der Waals surface area contributed by atoms with Gasteiger partial charge in [-0.3, -0.25) is 4.79 Å². The zero-order valence-corrected chi connectivity index (χ0v) is 14.1. The first kappa shape index (κ1) is 16.0. The van der Waals surface area contributed by atoms with Gasteiger partial charge in [0.05, 0.1) is 12.3 Å². The Hall–Kier alpha value is -1.53. The molecule has 130 valence electrons. The highest BCUT2D eigenvalue weighted by Gasteiger charge is 2.30. The topological polar surface area (TPSA) is 64.5 Å². The van der Waals surface area contributed by atoms with E-state index in [0.717, 1.165) is 69.8 Å². The second kappa shape index (κ2) is 7.15. The number of rotatable bonds is 2. The maximum Gasteiger partial charge on any atom is 0.225 e. The zero-order chi connectivity index (χ0) is 16.4. The molecule has 1 atom stereocenters. The Bertz CT molecular complexity index is 595. The average Bonchev–Trinajstić information content (AvgIpc) is 3.08. The molecule has 1 unspecified atom stereocenters. The van der Waals surface area contributed by atoms with Crippen LogP contribution in [0.15, 0.2) is 6.33 Å². The number of carbonyl (C=O) groups is 1. The van der Waals surface area contributed by atoms with Crippen LogP contribution in [-0.2, 0) is 27.1 Å². The van der Waals surface area contributed by atoms with E-state index in [9.17, 15) is 4.79 Å². The van der Waals surface area contributed by atoms with Crippen LogP contribution in [0.4, 0.5) is 0 Å². The van der Waals surface area contributed by atoms with E-state index in [4.69, 9.17) is 9.47 Å². The fraction of sp³-hybridized carbons (Fsp3) is 0.722. The van der Waals surface area contributed by atoms with E-state index in [0.29, 0.717) is 25.0 Å². The van der Waals surface area contributed by atoms with Crippen molar-refractivity contribution < 1.29 is 14.3 Å². The van der Waals surface area contributed by atoms with Gasteiger partial charge in [0.1, 0.15) is 6.33 Å². The first-order chi connectivity index (χ1) is 11.8. The van der Waals surface area contributed by atoms with E-state index in [-0.39, 0.29) is 5.92 Å². The maximum atomic E-state index is 12.8. The van der Waals surface area contributed by atoms with Crippen LogP contribution >= 0.6 is 0 Å². The second-order valence-corrected chi connectivity index (χ2v) is 6.96. The smallest absolute Gasteiger partial charge is 0.225 e. The van der Waals surface area contributed by atoms with E-state index in [1.54, 1.807) is 6.33 Å². The number of hydrogen-bond acceptors (Lipinski definition) is 5. The highest BCUT2D eigenvalue weighted by atomic mass is 16.5. The fourth-order valence-corrected chi connectivity index (χ4v) is 4.08. The zero-order valence-electron chi connectivity index (χ0n) is 14.1. The molecule has 4 rings (SSSR count). The maximum absolute atomic E-state index is 12.8. The third-order valence-corrected chi connectivity index (χ3v) is 5.52. The second-order valence-electron chi connectivity index (χ2n) is 6.96. The van der Waals surface area contributed by atoms with E-state index in [1.165, 1.54) is 5.56 Å². The number of ether oxygens (including phenoxy) is 2. The van der Waals surface area contributed by atoms with Gasteiger partial charge in [-0.1, -0.05) is 0 Å². The minimum atomic E-state index is 0.133. The minimum Gasteiger partial charge on any atom is -0.381 e. The SMILES string of the molecule is O=C(C1CCOCC1)N1CCc2ncnc(C3CCOC3)c2CC1. The normalized spacial score (nSPS) is 25.3. The molecule has 0 saturated carbocycles. The molecule has 0 radical (unpaired) electrons. The first-order valence-electron chi connectivity index (χ1n) is 9.10. The molecule has 1 amide bonds. The molecule has 0 spiro atoms. The molecule has 0 aliphatic carbocycles. The monoisotopic (exact) mass is 331 g/mol. The molecule has 6 heteroatoms. The van der Waals surface area contributed by atoms with Gasteiger partial charge in [-0.05, 0) is 31.2 Å². The lowest BCUT2D eigenvalue weighted by molar-refractivity contribution is -0.138. The summed E-state index contributed by atoms with van der Waals surface area (Å²) in [7, 11) is 0. The van der Waals surface area contributed by atoms with Gasteiger partial charge < -0.3 is 14.4 Å². The number of fused-ring (bicyclic) bond motifs is 1. The van der Waals surface area contributed by atoms with Gasteiger partial charge in [-0.2, -0.15) is 0 Å². The minimum absolute atomic E-state index is 0.133. The van der Waals surface area contributed by atoms with Crippen molar-refractivity contribution >= 4 is 5.91 Å². The molecule has 24 heavy (non-hydrogen) atoms. The summed E-state index contributed by atoms with van der Waals surface area (Å²) in [6.45, 7) is 4.54. The van der Waals surface area contributed by atoms with Crippen molar-refractivity contribution in [2.45, 2.75) is 38.0 Å². The van der Waals surface area contributed by atoms with Gasteiger partial charge in [0.25, 0.3) is 0 Å². The summed E-state index contributed by atoms with van der Waals surface area (Å²) in [4.78, 5) is 23.9. The molecular weight excluding hydrogens is 306 g/mol. The van der Waals surface area contributed by atoms with E-state index in [1.807, 2.05) is 4.90 Å². The molecule has 0 bridgehead atoms. The van der Waals surface area contributed by atoms with Crippen LogP contribution in [0.1, 0.15) is 42.1 Å². The predicted molar refractivity (Wildman–Crippen MR) is 87.7 cm³/mol. The average molecular weight is 331 g/mol. The first-order valence-corrected chi connectivity index (χ1v) is 9.10. The summed E-state index contributed by atoms with van der Waals surface area (Å²) in [6.07, 6.45) is 6.11. The highest BCUT2D eigenvalue weighted by molar-refractivity contribution is 5.79. The third kappa shape index (κ3) is 3.17. The largest absolute Gasteiger partial charge is 0.381 e. The number of carbonyl (C=O) groups excluding carboxylic acids is 1. The molecule has 4 heterocycles. The van der Waals surface area contributed by atoms with Crippen molar-refractivity contribution in [2.24, 2.45) is 5.92 Å². The van der Waals surface area contributed by atoms with Crippen molar-refractivity contribution in [1.82, 2.24) is 14.9 Å². The van der Waals surface area contributed by atoms with Gasteiger partial charge in [-0.25, -0.2) is 9.97 Å². The molecule has 2 fully saturated rings. The van der Waals surface area contributed by atoms with Crippen LogP contribution in [0.3, 0.4) is 0 Å². The van der Waals surface area contributed by atoms with E-state index in [2.05, 4.69) is 9.97 Å². The molecule has 3 aliphatic heterocycles. The highest BCUT2D eigenvalue weighted by Crippen LogP contribution is 2.29. The third-order valence-electron chi connectivity index (χ3n) is 5.52. The fourth-order valence-electron chi connectivity index (χ4n) is 4.08. The van der Waals surface area contributed by atoms with Crippen molar-refractivity contribution in [3.8, 4) is 0 Å². The molecule has 6 nitrogen and oxygen atoms in total. The van der Waals surface area contributed by atoms with Crippen molar-refractivity contribution in [3.63, 3.8) is 0 Å². The quantitative estimate of drug-likeness (QED) is 0.818. The van der Waals surface area contributed by atoms with Crippen LogP contribution in [-0.4, -0.2) is 60.3 Å². The summed E-state index contributed by atoms with van der Waals surface area (Å²) < 4.78 is 10.9. The van der Waals surface area contributed by atoms with Crippen molar-refractivity contribution in [2.75, 3.05) is 39.5 Å². The summed E-state index contributed by atoms with van der Waals surface area (Å²) in [5.41, 5.74) is 3.53. The number of nitrogens with zero attached hydrogens (tertiary/aromatic N) is 3. The van der Waals surface area contributed by atoms with Crippen molar-refractivity contribution in [1.29, 1.82) is 0 Å². The molecule has 0 N–H and O–H groups in total. The Balaban J connectivity index is 1.49. The Morgan fingerprint density at radius 2 is 1.83 bits per heavy atom. The van der Waals surface area contributed by atoms with Crippen LogP contribution in [0, 0.1) is 5.92 Å². The van der Waals surface area contributed by atoms with Crippen LogP contribution in [0.25, 0.3) is 0 Å². The number of amides is 1. The van der Waals surface area contributed by atoms with Crippen LogP contribution in [0.2, 0.25) is 0 Å². The Morgan fingerprint density at radius 3 is 2.62 bits per heavy atom. The van der Waals surface area contributed by atoms with Gasteiger partial charge in [0.15, 0.2) is 0 Å². The van der Waals surface area contributed by atoms with Gasteiger partial charge in [0, 0.05) is 56.9 Å². The van der Waals surface area contributed by atoms with Gasteiger partial charge in [-0.15, -0.1) is 0 Å². The van der Waals surface area contributed by atoms with Crippen molar-refractivity contribution in [3.05, 3.63) is 23.3 Å². The molecule has 1 aromatic heterocycles. The summed E-state index contributed by atoms with van der Waals surface area (Å²) in [6, 6.07) is 0. The molecular formula is C18H25N3O3. The van der Waals surface area contributed by atoms with E-state index >= 15 is 0 Å². The Kier molecular flexibility index (Phi) is 4.76. The molecule has 2 saturated heterocycles. The number of aromatic nitrogens is 2.